The van der Waals surface area contributed by atoms with Crippen molar-refractivity contribution in [3.8, 4) is 0 Å². The second-order valence-corrected chi connectivity index (χ2v) is 24.4. The van der Waals surface area contributed by atoms with Crippen LogP contribution in [0, 0.1) is 6.92 Å². The highest BCUT2D eigenvalue weighted by atomic mass is 35.5. The highest BCUT2D eigenvalue weighted by molar-refractivity contribution is 6.44. The summed E-state index contributed by atoms with van der Waals surface area (Å²) in [6.07, 6.45) is 0.391. The zero-order chi connectivity index (χ0) is 69.4. The van der Waals surface area contributed by atoms with E-state index in [0.717, 1.165) is 22.3 Å². The van der Waals surface area contributed by atoms with Gasteiger partial charge in [-0.3, -0.25) is 28.8 Å². The van der Waals surface area contributed by atoms with Gasteiger partial charge in [-0.1, -0.05) is 141 Å². The van der Waals surface area contributed by atoms with Gasteiger partial charge in [0.05, 0.1) is 45.5 Å². The molecule has 0 saturated heterocycles. The van der Waals surface area contributed by atoms with Crippen molar-refractivity contribution in [3.05, 3.63) is 242 Å². The van der Waals surface area contributed by atoms with Crippen molar-refractivity contribution in [3.63, 3.8) is 0 Å². The number of carboxylic acid groups (broad SMARTS) is 3. The Morgan fingerprint density at radius 3 is 1.09 bits per heavy atom. The first-order chi connectivity index (χ1) is 45.0. The van der Waals surface area contributed by atoms with Crippen LogP contribution < -0.4 is 30.7 Å². The standard InChI is InChI=1S/C23H23ClN4O3.2C22H19Cl3N4O3/c1-14-4-8-16(9-5-14)23(31)25-17-10-6-15(7-11-17)12-19-26-21(24)18(13-20(29)30)22(27-19)28(2)3;1-29(2)21-16(11-19(30)31)20(25)27-18(28-21)9-12-3-6-14(7-4-12)26-22(32)15-10-13(23)5-8-17(15)24;1-29(2)21-15(11-18(30)31)20(25)27-17(28-21)10-12-6-8-13(9-7-12)26-22(32)14-4-3-5-16(23)19(14)24/h4-11H,12-13H2,1-3H3,(H,25,31)(H,29,30);3-8,10H,9,11H2,1-2H3,(H,26,32)(H,30,31);3-9H,10-11H2,1-2H3,(H,26,32)(H,30,31). The Balaban J connectivity index is 0.000000201. The van der Waals surface area contributed by atoms with Crippen LogP contribution in [0.25, 0.3) is 0 Å². The summed E-state index contributed by atoms with van der Waals surface area (Å²) in [5, 5.41) is 37.4. The van der Waals surface area contributed by atoms with Crippen molar-refractivity contribution in [2.45, 2.75) is 45.4 Å². The molecule has 3 aromatic heterocycles. The van der Waals surface area contributed by atoms with Gasteiger partial charge in [-0.25, -0.2) is 29.9 Å². The smallest absolute Gasteiger partial charge is 0.308 e. The Hall–Kier alpha value is -9.19. The van der Waals surface area contributed by atoms with Gasteiger partial charge in [0.25, 0.3) is 17.7 Å². The van der Waals surface area contributed by atoms with Crippen LogP contribution in [-0.2, 0) is 52.9 Å². The number of hydrogen-bond acceptors (Lipinski definition) is 15. The summed E-state index contributed by atoms with van der Waals surface area (Å²) < 4.78 is 0. The largest absolute Gasteiger partial charge is 0.481 e. The highest BCUT2D eigenvalue weighted by Crippen LogP contribution is 2.31. The zero-order valence-corrected chi connectivity index (χ0v) is 57.2. The van der Waals surface area contributed by atoms with Gasteiger partial charge in [0.1, 0.15) is 50.4 Å². The van der Waals surface area contributed by atoms with Gasteiger partial charge in [-0.2, -0.15) is 0 Å². The first-order valence-corrected chi connectivity index (χ1v) is 31.2. The fourth-order valence-electron chi connectivity index (χ4n) is 9.04. The third-order valence-corrected chi connectivity index (χ3v) is 15.9. The maximum absolute atomic E-state index is 12.5. The van der Waals surface area contributed by atoms with Gasteiger partial charge in [0, 0.05) is 106 Å². The number of halogens is 7. The minimum atomic E-state index is -1.01. The molecule has 0 fully saturated rings. The topological polar surface area (TPSA) is 286 Å². The Bertz CT molecular complexity index is 4170. The first-order valence-electron chi connectivity index (χ1n) is 28.5. The SMILES string of the molecule is CN(C)c1nc(Cc2ccc(NC(=O)c3cc(Cl)ccc3Cl)cc2)nc(Cl)c1CC(=O)O.CN(C)c1nc(Cc2ccc(NC(=O)c3cccc(Cl)c3Cl)cc2)nc(Cl)c1CC(=O)O.Cc1ccc(C(=O)Nc2ccc(Cc3nc(Cl)c(CC(=O)O)c(N(C)C)n3)cc2)cc1. The van der Waals surface area contributed by atoms with Gasteiger partial charge >= 0.3 is 17.9 Å². The van der Waals surface area contributed by atoms with E-state index in [4.69, 9.17) is 96.5 Å². The van der Waals surface area contributed by atoms with Crippen LogP contribution in [0.2, 0.25) is 35.5 Å². The van der Waals surface area contributed by atoms with E-state index in [2.05, 4.69) is 45.9 Å². The van der Waals surface area contributed by atoms with Crippen molar-refractivity contribution < 1.29 is 44.1 Å². The molecule has 6 N–H and O–H groups in total. The molecule has 28 heteroatoms. The van der Waals surface area contributed by atoms with Crippen molar-refractivity contribution in [2.75, 3.05) is 72.9 Å². The summed E-state index contributed by atoms with van der Waals surface area (Å²) in [6, 6.07) is 38.6. The number of carboxylic acids is 3. The lowest BCUT2D eigenvalue weighted by atomic mass is 10.1. The Morgan fingerprint density at radius 1 is 0.400 bits per heavy atom. The molecule has 0 unspecified atom stereocenters. The molecule has 6 aromatic carbocycles. The van der Waals surface area contributed by atoms with E-state index in [-0.39, 0.29) is 68.6 Å². The maximum atomic E-state index is 12.5. The predicted molar refractivity (Wildman–Crippen MR) is 374 cm³/mol. The van der Waals surface area contributed by atoms with E-state index in [9.17, 15) is 28.8 Å². The molecular weight excluding hydrogens is 1360 g/mol. The molecule has 9 rings (SSSR count). The van der Waals surface area contributed by atoms with E-state index in [1.807, 2.05) is 67.6 Å². The minimum absolute atomic E-state index is 0.114. The van der Waals surface area contributed by atoms with Crippen LogP contribution in [0.15, 0.2) is 133 Å². The number of carbonyl (C=O) groups excluding carboxylic acids is 3. The number of aryl methyl sites for hydroxylation is 1. The third kappa shape index (κ3) is 21.2. The van der Waals surface area contributed by atoms with Crippen LogP contribution in [0.3, 0.4) is 0 Å². The molecule has 3 amide bonds. The van der Waals surface area contributed by atoms with Gasteiger partial charge in [-0.15, -0.1) is 0 Å². The number of anilines is 6. The molecule has 492 valence electrons. The van der Waals surface area contributed by atoms with Crippen LogP contribution in [0.1, 0.15) is 87.5 Å². The van der Waals surface area contributed by atoms with Crippen LogP contribution >= 0.6 is 81.2 Å². The first kappa shape index (κ1) is 73.2. The fourth-order valence-corrected chi connectivity index (χ4v) is 10.5. The number of aliphatic carboxylic acids is 3. The van der Waals surface area contributed by atoms with Gasteiger partial charge in [0.15, 0.2) is 0 Å². The van der Waals surface area contributed by atoms with E-state index >= 15 is 0 Å². The monoisotopic (exact) mass is 1420 g/mol. The van der Waals surface area contributed by atoms with E-state index in [1.54, 1.807) is 124 Å². The molecular formula is C67H61Cl7N12O9. The molecule has 3 heterocycles. The van der Waals surface area contributed by atoms with E-state index in [0.29, 0.717) is 109 Å². The second kappa shape index (κ2) is 33.8. The average molecular weight is 1430 g/mol. The number of hydrogen-bond donors (Lipinski definition) is 6. The molecule has 95 heavy (non-hydrogen) atoms. The van der Waals surface area contributed by atoms with Crippen LogP contribution in [-0.4, -0.2) is 123 Å². The number of amides is 3. The number of nitrogens with one attached hydrogen (secondary N) is 3. The van der Waals surface area contributed by atoms with Crippen molar-refractivity contribution in [1.82, 2.24) is 29.9 Å². The lowest BCUT2D eigenvalue weighted by Crippen LogP contribution is -2.18. The normalized spacial score (nSPS) is 10.6. The lowest BCUT2D eigenvalue weighted by Gasteiger charge is -2.17. The number of aromatic nitrogens is 6. The molecule has 0 aliphatic carbocycles. The van der Waals surface area contributed by atoms with Gasteiger partial charge in [-0.05, 0) is 102 Å². The highest BCUT2D eigenvalue weighted by Gasteiger charge is 2.22. The minimum Gasteiger partial charge on any atom is -0.481 e. The predicted octanol–water partition coefficient (Wildman–Crippen LogP) is 13.9. The number of nitrogens with zero attached hydrogens (tertiary/aromatic N) is 9. The van der Waals surface area contributed by atoms with E-state index < -0.39 is 17.9 Å². The van der Waals surface area contributed by atoms with E-state index in [1.165, 1.54) is 6.07 Å². The summed E-state index contributed by atoms with van der Waals surface area (Å²) in [4.78, 5) is 102. The molecule has 0 atom stereocenters. The van der Waals surface area contributed by atoms with Gasteiger partial charge < -0.3 is 46.0 Å². The Kier molecular flexibility index (Phi) is 26.0. The molecule has 0 saturated carbocycles. The summed E-state index contributed by atoms with van der Waals surface area (Å²) in [5.74, 6) is -1.13. The number of benzene rings is 6. The molecule has 0 aliphatic heterocycles. The van der Waals surface area contributed by atoms with Gasteiger partial charge in [0.2, 0.25) is 0 Å². The molecule has 9 aromatic rings. The summed E-state index contributed by atoms with van der Waals surface area (Å²) in [7, 11) is 10.6. The Morgan fingerprint density at radius 2 is 0.747 bits per heavy atom. The molecule has 0 radical (unpaired) electrons. The van der Waals surface area contributed by atoms with Crippen LogP contribution in [0.4, 0.5) is 34.5 Å². The summed E-state index contributed by atoms with van der Waals surface area (Å²) >= 11 is 42.8. The van der Waals surface area contributed by atoms with Crippen LogP contribution in [0.5, 0.6) is 0 Å². The molecule has 0 spiro atoms. The van der Waals surface area contributed by atoms with Crippen molar-refractivity contribution in [1.29, 1.82) is 0 Å². The third-order valence-electron chi connectivity index (χ3n) is 13.6. The maximum Gasteiger partial charge on any atom is 0.308 e. The van der Waals surface area contributed by atoms with Crippen molar-refractivity contribution >= 4 is 151 Å². The molecule has 0 aliphatic rings. The number of rotatable bonds is 21. The lowest BCUT2D eigenvalue weighted by molar-refractivity contribution is -0.137. The fraction of sp³-hybridized carbons (Fsp3) is 0.194. The number of carbonyl (C=O) groups is 6. The summed E-state index contributed by atoms with van der Waals surface area (Å²) in [6.45, 7) is 1.97. The Labute approximate surface area is 582 Å². The molecule has 21 nitrogen and oxygen atoms in total. The zero-order valence-electron chi connectivity index (χ0n) is 51.9. The molecule has 0 bridgehead atoms. The summed E-state index contributed by atoms with van der Waals surface area (Å²) in [5.41, 5.74) is 7.91. The van der Waals surface area contributed by atoms with Crippen molar-refractivity contribution in [2.24, 2.45) is 0 Å². The quantitative estimate of drug-likeness (QED) is 0.0365. The average Bonchev–Trinajstić information content (AvgIpc) is 0.844. The second-order valence-electron chi connectivity index (χ2n) is 21.7.